The van der Waals surface area contributed by atoms with Gasteiger partial charge in [0, 0.05) is 25.2 Å². The number of hydrogen-bond acceptors (Lipinski definition) is 5. The summed E-state index contributed by atoms with van der Waals surface area (Å²) >= 11 is 0. The fraction of sp³-hybridized carbons (Fsp3) is 0.250. The van der Waals surface area contributed by atoms with Crippen molar-refractivity contribution in [2.24, 2.45) is 7.05 Å². The molecule has 1 aliphatic heterocycles. The highest BCUT2D eigenvalue weighted by molar-refractivity contribution is 6.06. The van der Waals surface area contributed by atoms with Gasteiger partial charge in [0.15, 0.2) is 0 Å². The zero-order valence-corrected chi connectivity index (χ0v) is 20.7. The van der Waals surface area contributed by atoms with E-state index in [1.807, 2.05) is 18.2 Å². The smallest absolute Gasteiger partial charge is 0.329 e. The van der Waals surface area contributed by atoms with Gasteiger partial charge < -0.3 is 21.7 Å². The lowest BCUT2D eigenvalue weighted by molar-refractivity contribution is 0.0931. The number of amides is 2. The van der Waals surface area contributed by atoms with E-state index in [2.05, 4.69) is 16.0 Å². The number of anilines is 2. The Hall–Kier alpha value is -4.37. The molecule has 1 fully saturated rings. The van der Waals surface area contributed by atoms with Gasteiger partial charge in [0.05, 0.1) is 34.5 Å². The third-order valence-electron chi connectivity index (χ3n) is 6.80. The predicted octanol–water partition coefficient (Wildman–Crippen LogP) is 2.70. The molecule has 0 saturated carbocycles. The van der Waals surface area contributed by atoms with Crippen molar-refractivity contribution in [3.8, 4) is 0 Å². The Morgan fingerprint density at radius 2 is 1.81 bits per heavy atom. The molecule has 2 heterocycles. The summed E-state index contributed by atoms with van der Waals surface area (Å²) in [5, 5.41) is 9.21. The maximum absolute atomic E-state index is 13.2. The monoisotopic (exact) mass is 498 g/mol. The Morgan fingerprint density at radius 3 is 2.54 bits per heavy atom. The van der Waals surface area contributed by atoms with Gasteiger partial charge in [-0.05, 0) is 61.3 Å². The summed E-state index contributed by atoms with van der Waals surface area (Å²) in [6, 6.07) is 19.6. The van der Waals surface area contributed by atoms with Gasteiger partial charge in [-0.3, -0.25) is 18.7 Å². The second-order valence-corrected chi connectivity index (χ2v) is 9.36. The molecule has 0 aliphatic carbocycles. The van der Waals surface area contributed by atoms with Crippen molar-refractivity contribution in [3.63, 3.8) is 0 Å². The number of aryl methyl sites for hydroxylation is 1. The van der Waals surface area contributed by atoms with Crippen molar-refractivity contribution in [2.75, 3.05) is 24.1 Å². The molecule has 0 bridgehead atoms. The standard InChI is InChI=1S/C28H30N6O3/c1-33-25-21(27(36)31-20-6-5-15-30-16-20)7-4-10-24(25)34(28(33)37)17-18-11-13-19(14-12-18)26(35)32-23-9-3-2-8-22(23)29/h2-4,7-14,20,30H,5-6,15-17,29H2,1H3,(H,31,36)(H,32,35)/t20-/m1/s1. The highest BCUT2D eigenvalue weighted by Gasteiger charge is 2.21. The Balaban J connectivity index is 1.37. The molecule has 0 unspecified atom stereocenters. The fourth-order valence-electron chi connectivity index (χ4n) is 4.81. The van der Waals surface area contributed by atoms with E-state index in [0.29, 0.717) is 40.1 Å². The molecule has 9 heteroatoms. The van der Waals surface area contributed by atoms with Crippen LogP contribution in [0.1, 0.15) is 39.1 Å². The number of nitrogens with zero attached hydrogens (tertiary/aromatic N) is 2. The summed E-state index contributed by atoms with van der Waals surface area (Å²) in [4.78, 5) is 38.9. The molecule has 0 spiro atoms. The number of nitrogens with one attached hydrogen (secondary N) is 3. The van der Waals surface area contributed by atoms with E-state index in [4.69, 9.17) is 5.73 Å². The summed E-state index contributed by atoms with van der Waals surface area (Å²) in [5.74, 6) is -0.447. The maximum Gasteiger partial charge on any atom is 0.329 e. The van der Waals surface area contributed by atoms with Gasteiger partial charge in [0.2, 0.25) is 0 Å². The molecule has 5 N–H and O–H groups in total. The minimum Gasteiger partial charge on any atom is -0.397 e. The van der Waals surface area contributed by atoms with Gasteiger partial charge in [0.1, 0.15) is 0 Å². The van der Waals surface area contributed by atoms with Crippen molar-refractivity contribution in [1.82, 2.24) is 19.8 Å². The van der Waals surface area contributed by atoms with Crippen molar-refractivity contribution < 1.29 is 9.59 Å². The van der Waals surface area contributed by atoms with Gasteiger partial charge >= 0.3 is 5.69 Å². The molecule has 37 heavy (non-hydrogen) atoms. The lowest BCUT2D eigenvalue weighted by Crippen LogP contribution is -2.45. The first-order valence-corrected chi connectivity index (χ1v) is 12.4. The summed E-state index contributed by atoms with van der Waals surface area (Å²) in [6.07, 6.45) is 1.95. The highest BCUT2D eigenvalue weighted by Crippen LogP contribution is 2.21. The highest BCUT2D eigenvalue weighted by atomic mass is 16.2. The molecule has 1 aliphatic rings. The fourth-order valence-corrected chi connectivity index (χ4v) is 4.81. The molecule has 5 rings (SSSR count). The molecule has 1 atom stereocenters. The zero-order chi connectivity index (χ0) is 25.9. The number of aromatic nitrogens is 2. The Morgan fingerprint density at radius 1 is 1.03 bits per heavy atom. The van der Waals surface area contributed by atoms with E-state index in [1.54, 1.807) is 60.1 Å². The second kappa shape index (κ2) is 10.3. The van der Waals surface area contributed by atoms with Crippen LogP contribution >= 0.6 is 0 Å². The lowest BCUT2D eigenvalue weighted by atomic mass is 10.1. The van der Waals surface area contributed by atoms with Crippen LogP contribution in [-0.2, 0) is 13.6 Å². The number of para-hydroxylation sites is 3. The van der Waals surface area contributed by atoms with Crippen LogP contribution < -0.4 is 27.4 Å². The Kier molecular flexibility index (Phi) is 6.78. The number of fused-ring (bicyclic) bond motifs is 1. The van der Waals surface area contributed by atoms with Crippen LogP contribution in [-0.4, -0.2) is 40.1 Å². The van der Waals surface area contributed by atoms with E-state index >= 15 is 0 Å². The number of benzene rings is 3. The van der Waals surface area contributed by atoms with Crippen LogP contribution in [0.25, 0.3) is 11.0 Å². The molecule has 4 aromatic rings. The van der Waals surface area contributed by atoms with Crippen molar-refractivity contribution in [3.05, 3.63) is 93.9 Å². The topological polar surface area (TPSA) is 123 Å². The number of imidazole rings is 1. The molecular formula is C28H30N6O3. The first-order chi connectivity index (χ1) is 17.9. The molecular weight excluding hydrogens is 468 g/mol. The third kappa shape index (κ3) is 4.99. The van der Waals surface area contributed by atoms with Crippen LogP contribution in [0.3, 0.4) is 0 Å². The molecule has 190 valence electrons. The summed E-state index contributed by atoms with van der Waals surface area (Å²) in [6.45, 7) is 2.02. The molecule has 9 nitrogen and oxygen atoms in total. The lowest BCUT2D eigenvalue weighted by Gasteiger charge is -2.24. The number of carbonyl (C=O) groups excluding carboxylic acids is 2. The SMILES string of the molecule is Cn1c(=O)n(Cc2ccc(C(=O)Nc3ccccc3N)cc2)c2cccc(C(=O)N[C@@H]3CCCNC3)c21. The third-order valence-corrected chi connectivity index (χ3v) is 6.80. The van der Waals surface area contributed by atoms with Crippen LogP contribution in [0.5, 0.6) is 0 Å². The van der Waals surface area contributed by atoms with E-state index in [1.165, 1.54) is 4.57 Å². The maximum atomic E-state index is 13.2. The first kappa shape index (κ1) is 24.3. The van der Waals surface area contributed by atoms with E-state index < -0.39 is 0 Å². The molecule has 1 aromatic heterocycles. The Labute approximate surface area is 214 Å². The number of carbonyl (C=O) groups is 2. The average Bonchev–Trinajstić information content (AvgIpc) is 3.15. The summed E-state index contributed by atoms with van der Waals surface area (Å²) in [5.41, 5.74) is 9.85. The average molecular weight is 499 g/mol. The molecule has 3 aromatic carbocycles. The summed E-state index contributed by atoms with van der Waals surface area (Å²) in [7, 11) is 1.68. The van der Waals surface area contributed by atoms with Gasteiger partial charge in [-0.1, -0.05) is 30.3 Å². The Bertz CT molecular complexity index is 1510. The molecule has 1 saturated heterocycles. The first-order valence-electron chi connectivity index (χ1n) is 12.4. The quantitative estimate of drug-likeness (QED) is 0.305. The van der Waals surface area contributed by atoms with Crippen LogP contribution in [0.15, 0.2) is 71.5 Å². The zero-order valence-electron chi connectivity index (χ0n) is 20.7. The molecule has 2 amide bonds. The number of piperidine rings is 1. The number of nitrogen functional groups attached to an aromatic ring is 1. The van der Waals surface area contributed by atoms with Crippen LogP contribution in [0, 0.1) is 0 Å². The van der Waals surface area contributed by atoms with Crippen LogP contribution in [0.4, 0.5) is 11.4 Å². The van der Waals surface area contributed by atoms with E-state index in [-0.39, 0.29) is 23.5 Å². The normalized spacial score (nSPS) is 15.4. The number of rotatable bonds is 6. The van der Waals surface area contributed by atoms with Crippen molar-refractivity contribution >= 4 is 34.2 Å². The van der Waals surface area contributed by atoms with Gasteiger partial charge in [0.25, 0.3) is 11.8 Å². The van der Waals surface area contributed by atoms with Gasteiger partial charge in [-0.2, -0.15) is 0 Å². The number of nitrogens with two attached hydrogens (primary N) is 1. The van der Waals surface area contributed by atoms with Gasteiger partial charge in [-0.25, -0.2) is 4.79 Å². The minimum absolute atomic E-state index is 0.0738. The minimum atomic E-state index is -0.268. The van der Waals surface area contributed by atoms with Crippen molar-refractivity contribution in [1.29, 1.82) is 0 Å². The van der Waals surface area contributed by atoms with E-state index in [9.17, 15) is 14.4 Å². The molecule has 0 radical (unpaired) electrons. The number of hydrogen-bond donors (Lipinski definition) is 4. The summed E-state index contributed by atoms with van der Waals surface area (Å²) < 4.78 is 3.17. The largest absolute Gasteiger partial charge is 0.397 e. The van der Waals surface area contributed by atoms with Crippen molar-refractivity contribution in [2.45, 2.75) is 25.4 Å². The van der Waals surface area contributed by atoms with Gasteiger partial charge in [-0.15, -0.1) is 0 Å². The van der Waals surface area contributed by atoms with E-state index in [0.717, 1.165) is 31.5 Å². The van der Waals surface area contributed by atoms with Crippen LogP contribution in [0.2, 0.25) is 0 Å². The second-order valence-electron chi connectivity index (χ2n) is 9.36. The predicted molar refractivity (Wildman–Crippen MR) is 145 cm³/mol.